The molecule has 14 heavy (non-hydrogen) atoms. The van der Waals surface area contributed by atoms with Gasteiger partial charge < -0.3 is 10.1 Å². The van der Waals surface area contributed by atoms with Crippen LogP contribution in [0.15, 0.2) is 0 Å². The van der Waals surface area contributed by atoms with Crippen LogP contribution in [-0.2, 0) is 9.47 Å². The lowest BCUT2D eigenvalue weighted by Crippen LogP contribution is -2.27. The van der Waals surface area contributed by atoms with Gasteiger partial charge in [-0.3, -0.25) is 4.74 Å². The third kappa shape index (κ3) is 5.41. The molecule has 6 heteroatoms. The number of hydrogen-bond donors (Lipinski definition) is 1. The van der Waals surface area contributed by atoms with Gasteiger partial charge in [0.25, 0.3) is 0 Å². The van der Waals surface area contributed by atoms with Gasteiger partial charge >= 0.3 is 6.36 Å². The van der Waals surface area contributed by atoms with Gasteiger partial charge in [0.1, 0.15) is 0 Å². The standard InChI is InChI=1S/C8H14F3NO2/c9-8(10,11)14-5-4-13-6-7-2-1-3-12-7/h7,12H,1-6H2. The Hall–Kier alpha value is -0.330. The second-order valence-corrected chi connectivity index (χ2v) is 3.16. The fourth-order valence-corrected chi connectivity index (χ4v) is 1.34. The summed E-state index contributed by atoms with van der Waals surface area (Å²) in [5.74, 6) is 0. The minimum atomic E-state index is -4.55. The first-order chi connectivity index (χ1) is 6.58. The molecule has 0 aromatic carbocycles. The highest BCUT2D eigenvalue weighted by Crippen LogP contribution is 2.15. The lowest BCUT2D eigenvalue weighted by atomic mass is 10.2. The first-order valence-corrected chi connectivity index (χ1v) is 4.60. The van der Waals surface area contributed by atoms with Crippen LogP contribution in [0.3, 0.4) is 0 Å². The van der Waals surface area contributed by atoms with Crippen LogP contribution in [0.2, 0.25) is 0 Å². The molecule has 0 saturated carbocycles. The Morgan fingerprint density at radius 3 is 2.64 bits per heavy atom. The van der Waals surface area contributed by atoms with E-state index in [4.69, 9.17) is 4.74 Å². The number of halogens is 3. The summed E-state index contributed by atoms with van der Waals surface area (Å²) in [6.07, 6.45) is -2.41. The van der Waals surface area contributed by atoms with Crippen LogP contribution in [0, 0.1) is 0 Å². The molecular weight excluding hydrogens is 199 g/mol. The summed E-state index contributed by atoms with van der Waals surface area (Å²) < 4.78 is 43.1. The molecule has 0 amide bonds. The Kier molecular flexibility index (Phi) is 4.64. The smallest absolute Gasteiger partial charge is 0.377 e. The molecule has 3 nitrogen and oxygen atoms in total. The fourth-order valence-electron chi connectivity index (χ4n) is 1.34. The normalized spacial score (nSPS) is 22.9. The zero-order chi connectivity index (χ0) is 10.4. The van der Waals surface area contributed by atoms with Crippen molar-refractivity contribution in [3.8, 4) is 0 Å². The third-order valence-electron chi connectivity index (χ3n) is 1.97. The van der Waals surface area contributed by atoms with E-state index in [0.717, 1.165) is 19.4 Å². The summed E-state index contributed by atoms with van der Waals surface area (Å²) in [7, 11) is 0. The first kappa shape index (κ1) is 11.7. The van der Waals surface area contributed by atoms with E-state index in [1.54, 1.807) is 0 Å². The summed E-state index contributed by atoms with van der Waals surface area (Å²) in [6, 6.07) is 0.292. The molecule has 1 N–H and O–H groups in total. The highest BCUT2D eigenvalue weighted by atomic mass is 19.4. The molecular formula is C8H14F3NO2. The zero-order valence-electron chi connectivity index (χ0n) is 7.77. The number of nitrogens with one attached hydrogen (secondary N) is 1. The molecule has 1 aliphatic rings. The predicted octanol–water partition coefficient (Wildman–Crippen LogP) is 1.29. The van der Waals surface area contributed by atoms with E-state index >= 15 is 0 Å². The Balaban J connectivity index is 1.89. The van der Waals surface area contributed by atoms with Crippen LogP contribution < -0.4 is 5.32 Å². The van der Waals surface area contributed by atoms with Crippen molar-refractivity contribution in [1.82, 2.24) is 5.32 Å². The van der Waals surface area contributed by atoms with Crippen molar-refractivity contribution in [3.63, 3.8) is 0 Å². The van der Waals surface area contributed by atoms with Crippen molar-refractivity contribution in [3.05, 3.63) is 0 Å². The molecule has 1 aliphatic heterocycles. The largest absolute Gasteiger partial charge is 0.522 e. The van der Waals surface area contributed by atoms with Gasteiger partial charge in [-0.2, -0.15) is 0 Å². The minimum absolute atomic E-state index is 0.0162. The van der Waals surface area contributed by atoms with E-state index in [2.05, 4.69) is 10.1 Å². The van der Waals surface area contributed by atoms with Crippen molar-refractivity contribution in [1.29, 1.82) is 0 Å². The van der Waals surface area contributed by atoms with E-state index < -0.39 is 13.0 Å². The van der Waals surface area contributed by atoms with Gasteiger partial charge in [0, 0.05) is 6.04 Å². The van der Waals surface area contributed by atoms with E-state index in [1.807, 2.05) is 0 Å². The van der Waals surface area contributed by atoms with Crippen LogP contribution in [-0.4, -0.2) is 38.8 Å². The summed E-state index contributed by atoms with van der Waals surface area (Å²) in [4.78, 5) is 0. The number of ether oxygens (including phenoxy) is 2. The van der Waals surface area contributed by atoms with Gasteiger partial charge in [0.15, 0.2) is 0 Å². The quantitative estimate of drug-likeness (QED) is 0.698. The summed E-state index contributed by atoms with van der Waals surface area (Å²) in [5.41, 5.74) is 0. The third-order valence-corrected chi connectivity index (χ3v) is 1.97. The summed E-state index contributed by atoms with van der Waals surface area (Å²) in [6.45, 7) is 0.974. The fraction of sp³-hybridized carbons (Fsp3) is 1.00. The van der Waals surface area contributed by atoms with E-state index in [0.29, 0.717) is 12.6 Å². The molecule has 1 unspecified atom stereocenters. The first-order valence-electron chi connectivity index (χ1n) is 4.60. The van der Waals surface area contributed by atoms with Crippen LogP contribution in [0.1, 0.15) is 12.8 Å². The van der Waals surface area contributed by atoms with Crippen LogP contribution in [0.4, 0.5) is 13.2 Å². The molecule has 0 spiro atoms. The maximum absolute atomic E-state index is 11.5. The van der Waals surface area contributed by atoms with E-state index in [9.17, 15) is 13.2 Å². The van der Waals surface area contributed by atoms with Gasteiger partial charge in [-0.1, -0.05) is 0 Å². The van der Waals surface area contributed by atoms with Gasteiger partial charge in [-0.15, -0.1) is 13.2 Å². The molecule has 0 radical (unpaired) electrons. The number of hydrogen-bond acceptors (Lipinski definition) is 3. The van der Waals surface area contributed by atoms with Gasteiger partial charge in [0.05, 0.1) is 19.8 Å². The van der Waals surface area contributed by atoms with Gasteiger partial charge in [0.2, 0.25) is 0 Å². The molecule has 0 aromatic rings. The second kappa shape index (κ2) is 5.53. The molecule has 1 fully saturated rings. The molecule has 1 saturated heterocycles. The molecule has 0 bridgehead atoms. The Morgan fingerprint density at radius 1 is 1.29 bits per heavy atom. The number of alkyl halides is 3. The van der Waals surface area contributed by atoms with Crippen molar-refractivity contribution in [2.75, 3.05) is 26.4 Å². The van der Waals surface area contributed by atoms with Crippen molar-refractivity contribution >= 4 is 0 Å². The van der Waals surface area contributed by atoms with Crippen molar-refractivity contribution in [2.24, 2.45) is 0 Å². The van der Waals surface area contributed by atoms with Crippen molar-refractivity contribution < 1.29 is 22.6 Å². The summed E-state index contributed by atoms with van der Waals surface area (Å²) in [5, 5.41) is 3.18. The average molecular weight is 213 g/mol. The topological polar surface area (TPSA) is 30.5 Å². The van der Waals surface area contributed by atoms with Gasteiger partial charge in [-0.25, -0.2) is 0 Å². The van der Waals surface area contributed by atoms with Crippen LogP contribution in [0.5, 0.6) is 0 Å². The van der Waals surface area contributed by atoms with E-state index in [-0.39, 0.29) is 6.61 Å². The minimum Gasteiger partial charge on any atom is -0.377 e. The zero-order valence-corrected chi connectivity index (χ0v) is 7.77. The second-order valence-electron chi connectivity index (χ2n) is 3.16. The Bertz CT molecular complexity index is 157. The van der Waals surface area contributed by atoms with Crippen LogP contribution in [0.25, 0.3) is 0 Å². The average Bonchev–Trinajstić information content (AvgIpc) is 2.54. The highest BCUT2D eigenvalue weighted by Gasteiger charge is 2.28. The maximum atomic E-state index is 11.5. The maximum Gasteiger partial charge on any atom is 0.522 e. The summed E-state index contributed by atoms with van der Waals surface area (Å²) >= 11 is 0. The monoisotopic (exact) mass is 213 g/mol. The van der Waals surface area contributed by atoms with Gasteiger partial charge in [-0.05, 0) is 19.4 Å². The lowest BCUT2D eigenvalue weighted by Gasteiger charge is -2.11. The SMILES string of the molecule is FC(F)(F)OCCOCC1CCCN1. The van der Waals surface area contributed by atoms with Crippen LogP contribution >= 0.6 is 0 Å². The number of rotatable bonds is 5. The predicted molar refractivity (Wildman–Crippen MR) is 43.9 cm³/mol. The Labute approximate surface area is 80.6 Å². The molecule has 1 rings (SSSR count). The molecule has 84 valence electrons. The molecule has 1 atom stereocenters. The molecule has 0 aromatic heterocycles. The molecule has 0 aliphatic carbocycles. The van der Waals surface area contributed by atoms with Crippen molar-refractivity contribution in [2.45, 2.75) is 25.2 Å². The van der Waals surface area contributed by atoms with E-state index in [1.165, 1.54) is 0 Å². The molecule has 1 heterocycles. The lowest BCUT2D eigenvalue weighted by molar-refractivity contribution is -0.327. The Morgan fingerprint density at radius 2 is 2.07 bits per heavy atom. The highest BCUT2D eigenvalue weighted by molar-refractivity contribution is 4.73.